The number of rotatable bonds is 6. The van der Waals surface area contributed by atoms with Gasteiger partial charge in [0.15, 0.2) is 0 Å². The van der Waals surface area contributed by atoms with Gasteiger partial charge in [0.1, 0.15) is 5.54 Å². The lowest BCUT2D eigenvalue weighted by Gasteiger charge is -2.47. The minimum atomic E-state index is -0.747. The standard InChI is InChI=1S/C25H25NO/c1-4-24(27)26(20(2)3)25(21-14-8-5-9-15-21,22-16-10-6-11-17-22)23-18-12-7-13-19-23/h4-20H,1H2,2-3H3. The van der Waals surface area contributed by atoms with Crippen LogP contribution in [0.3, 0.4) is 0 Å². The molecule has 0 aliphatic heterocycles. The van der Waals surface area contributed by atoms with Crippen LogP contribution in [0, 0.1) is 0 Å². The van der Waals surface area contributed by atoms with Gasteiger partial charge in [0.05, 0.1) is 0 Å². The molecule has 0 radical (unpaired) electrons. The van der Waals surface area contributed by atoms with Crippen molar-refractivity contribution in [1.82, 2.24) is 4.90 Å². The summed E-state index contributed by atoms with van der Waals surface area (Å²) in [6.07, 6.45) is 1.41. The van der Waals surface area contributed by atoms with Crippen molar-refractivity contribution >= 4 is 5.91 Å². The summed E-state index contributed by atoms with van der Waals surface area (Å²) < 4.78 is 0. The van der Waals surface area contributed by atoms with Crippen LogP contribution in [-0.4, -0.2) is 16.8 Å². The van der Waals surface area contributed by atoms with E-state index in [1.54, 1.807) is 0 Å². The summed E-state index contributed by atoms with van der Waals surface area (Å²) in [5.41, 5.74) is 2.40. The third kappa shape index (κ3) is 3.31. The summed E-state index contributed by atoms with van der Waals surface area (Å²) in [6.45, 7) is 7.86. The van der Waals surface area contributed by atoms with E-state index < -0.39 is 5.54 Å². The quantitative estimate of drug-likeness (QED) is 0.428. The lowest BCUT2D eigenvalue weighted by molar-refractivity contribution is -0.132. The highest BCUT2D eigenvalue weighted by atomic mass is 16.2. The Hall–Kier alpha value is -3.13. The molecule has 0 aliphatic rings. The summed E-state index contributed by atoms with van der Waals surface area (Å²) in [5.74, 6) is -0.0958. The topological polar surface area (TPSA) is 20.3 Å². The van der Waals surface area contributed by atoms with Crippen molar-refractivity contribution in [2.75, 3.05) is 0 Å². The van der Waals surface area contributed by atoms with E-state index in [9.17, 15) is 4.79 Å². The predicted octanol–water partition coefficient (Wildman–Crippen LogP) is 5.40. The zero-order valence-electron chi connectivity index (χ0n) is 15.9. The van der Waals surface area contributed by atoms with E-state index in [0.29, 0.717) is 0 Å². The molecule has 0 saturated heterocycles. The lowest BCUT2D eigenvalue weighted by atomic mass is 9.74. The Morgan fingerprint density at radius 3 is 1.37 bits per heavy atom. The molecule has 3 aromatic carbocycles. The van der Waals surface area contributed by atoms with Gasteiger partial charge in [0, 0.05) is 6.04 Å². The molecule has 27 heavy (non-hydrogen) atoms. The minimum Gasteiger partial charge on any atom is -0.319 e. The smallest absolute Gasteiger partial charge is 0.247 e. The number of nitrogens with zero attached hydrogens (tertiary/aromatic N) is 1. The second-order valence-electron chi connectivity index (χ2n) is 6.81. The van der Waals surface area contributed by atoms with Crippen molar-refractivity contribution in [3.8, 4) is 0 Å². The largest absolute Gasteiger partial charge is 0.319 e. The van der Waals surface area contributed by atoms with Crippen LogP contribution in [0.1, 0.15) is 30.5 Å². The van der Waals surface area contributed by atoms with Crippen molar-refractivity contribution in [1.29, 1.82) is 0 Å². The number of hydrogen-bond donors (Lipinski definition) is 0. The average Bonchev–Trinajstić information content (AvgIpc) is 2.73. The average molecular weight is 355 g/mol. The molecule has 0 aromatic heterocycles. The Kier molecular flexibility index (Phi) is 5.56. The SMILES string of the molecule is C=CC(=O)N(C(C)C)C(c1ccccc1)(c1ccccc1)c1ccccc1. The van der Waals surface area contributed by atoms with Crippen LogP contribution in [0.2, 0.25) is 0 Å². The van der Waals surface area contributed by atoms with Gasteiger partial charge in [-0.2, -0.15) is 0 Å². The highest BCUT2D eigenvalue weighted by Gasteiger charge is 2.45. The molecular formula is C25H25NO. The van der Waals surface area contributed by atoms with Gasteiger partial charge in [-0.3, -0.25) is 4.79 Å². The molecule has 0 atom stereocenters. The molecule has 0 aliphatic carbocycles. The zero-order valence-corrected chi connectivity index (χ0v) is 15.9. The summed E-state index contributed by atoms with van der Waals surface area (Å²) in [6, 6.07) is 30.6. The van der Waals surface area contributed by atoms with Gasteiger partial charge in [0.2, 0.25) is 5.91 Å². The van der Waals surface area contributed by atoms with Crippen LogP contribution in [0.15, 0.2) is 104 Å². The van der Waals surface area contributed by atoms with Crippen LogP contribution < -0.4 is 0 Å². The van der Waals surface area contributed by atoms with Gasteiger partial charge in [-0.1, -0.05) is 97.6 Å². The summed E-state index contributed by atoms with van der Waals surface area (Å²) in [7, 11) is 0. The fourth-order valence-corrected chi connectivity index (χ4v) is 3.86. The van der Waals surface area contributed by atoms with Gasteiger partial charge in [-0.25, -0.2) is 0 Å². The van der Waals surface area contributed by atoms with Crippen molar-refractivity contribution in [3.63, 3.8) is 0 Å². The molecule has 0 spiro atoms. The number of benzene rings is 3. The van der Waals surface area contributed by atoms with E-state index in [2.05, 4.69) is 43.0 Å². The molecular weight excluding hydrogens is 330 g/mol. The van der Waals surface area contributed by atoms with Gasteiger partial charge in [-0.05, 0) is 36.6 Å². The van der Waals surface area contributed by atoms with Gasteiger partial charge >= 0.3 is 0 Å². The molecule has 0 heterocycles. The summed E-state index contributed by atoms with van der Waals surface area (Å²) in [5, 5.41) is 0. The number of carbonyl (C=O) groups excluding carboxylic acids is 1. The summed E-state index contributed by atoms with van der Waals surface area (Å²) in [4.78, 5) is 15.1. The maximum Gasteiger partial charge on any atom is 0.247 e. The van der Waals surface area contributed by atoms with Crippen molar-refractivity contribution in [3.05, 3.63) is 120 Å². The molecule has 3 rings (SSSR count). The number of amides is 1. The van der Waals surface area contributed by atoms with Gasteiger partial charge < -0.3 is 4.90 Å². The molecule has 0 unspecified atom stereocenters. The number of hydrogen-bond acceptors (Lipinski definition) is 1. The van der Waals surface area contributed by atoms with E-state index in [1.807, 2.05) is 73.3 Å². The van der Waals surface area contributed by atoms with Gasteiger partial charge in [0.25, 0.3) is 0 Å². The van der Waals surface area contributed by atoms with Crippen LogP contribution in [0.4, 0.5) is 0 Å². The third-order valence-corrected chi connectivity index (χ3v) is 4.86. The molecule has 0 saturated carbocycles. The summed E-state index contributed by atoms with van der Waals surface area (Å²) >= 11 is 0. The number of carbonyl (C=O) groups is 1. The fourth-order valence-electron chi connectivity index (χ4n) is 3.86. The van der Waals surface area contributed by atoms with Crippen molar-refractivity contribution in [2.45, 2.75) is 25.4 Å². The Bertz CT molecular complexity index is 789. The monoisotopic (exact) mass is 355 g/mol. The Balaban J connectivity index is 2.46. The van der Waals surface area contributed by atoms with E-state index in [1.165, 1.54) is 6.08 Å². The zero-order chi connectivity index (χ0) is 19.3. The van der Waals surface area contributed by atoms with Crippen LogP contribution in [-0.2, 0) is 10.3 Å². The van der Waals surface area contributed by atoms with Crippen LogP contribution in [0.25, 0.3) is 0 Å². The molecule has 1 amide bonds. The maximum absolute atomic E-state index is 13.1. The van der Waals surface area contributed by atoms with Gasteiger partial charge in [-0.15, -0.1) is 0 Å². The Morgan fingerprint density at radius 2 is 1.11 bits per heavy atom. The Morgan fingerprint density at radius 1 is 0.778 bits per heavy atom. The molecule has 2 heteroatoms. The second kappa shape index (κ2) is 8.05. The van der Waals surface area contributed by atoms with Crippen molar-refractivity contribution < 1.29 is 4.79 Å². The predicted molar refractivity (Wildman–Crippen MR) is 111 cm³/mol. The normalized spacial score (nSPS) is 11.2. The highest BCUT2D eigenvalue weighted by molar-refractivity contribution is 5.89. The second-order valence-corrected chi connectivity index (χ2v) is 6.81. The highest BCUT2D eigenvalue weighted by Crippen LogP contribution is 2.43. The molecule has 0 N–H and O–H groups in total. The van der Waals surface area contributed by atoms with Crippen LogP contribution in [0.5, 0.6) is 0 Å². The van der Waals surface area contributed by atoms with E-state index in [0.717, 1.165) is 16.7 Å². The van der Waals surface area contributed by atoms with Crippen LogP contribution >= 0.6 is 0 Å². The van der Waals surface area contributed by atoms with Crippen molar-refractivity contribution in [2.24, 2.45) is 0 Å². The first kappa shape index (κ1) is 18.7. The maximum atomic E-state index is 13.1. The third-order valence-electron chi connectivity index (χ3n) is 4.86. The molecule has 3 aromatic rings. The Labute approximate surface area is 161 Å². The fraction of sp³-hybridized carbons (Fsp3) is 0.160. The molecule has 0 bridgehead atoms. The minimum absolute atomic E-state index is 0.0314. The first-order chi connectivity index (χ1) is 13.1. The molecule has 0 fully saturated rings. The van der Waals surface area contributed by atoms with E-state index >= 15 is 0 Å². The van der Waals surface area contributed by atoms with E-state index in [-0.39, 0.29) is 11.9 Å². The first-order valence-corrected chi connectivity index (χ1v) is 9.24. The van der Waals surface area contributed by atoms with E-state index in [4.69, 9.17) is 0 Å². The molecule has 2 nitrogen and oxygen atoms in total. The lowest BCUT2D eigenvalue weighted by Crippen LogP contribution is -2.53. The molecule has 136 valence electrons. The first-order valence-electron chi connectivity index (χ1n) is 9.24.